The minimum Gasteiger partial charge on any atom is -0.300 e. The molecule has 0 aromatic heterocycles. The van der Waals surface area contributed by atoms with Crippen molar-refractivity contribution < 1.29 is 0 Å². The van der Waals surface area contributed by atoms with E-state index in [0.717, 1.165) is 12.0 Å². The van der Waals surface area contributed by atoms with Gasteiger partial charge < -0.3 is 4.90 Å². The van der Waals surface area contributed by atoms with Crippen LogP contribution in [-0.2, 0) is 0 Å². The van der Waals surface area contributed by atoms with Gasteiger partial charge in [-0.25, -0.2) is 0 Å². The molecule has 76 valence electrons. The maximum absolute atomic E-state index is 2.72. The molecule has 1 heterocycles. The van der Waals surface area contributed by atoms with Gasteiger partial charge in [-0.15, -0.1) is 0 Å². The van der Waals surface area contributed by atoms with E-state index in [4.69, 9.17) is 0 Å². The fourth-order valence-electron chi connectivity index (χ4n) is 3.30. The second kappa shape index (κ2) is 4.45. The minimum atomic E-state index is 0.963. The lowest BCUT2D eigenvalue weighted by Gasteiger charge is -2.33. The smallest absolute Gasteiger partial charge is 0.0124 e. The highest BCUT2D eigenvalue weighted by Crippen LogP contribution is 2.33. The Kier molecular flexibility index (Phi) is 3.26. The highest BCUT2D eigenvalue weighted by molar-refractivity contribution is 4.85. The van der Waals surface area contributed by atoms with Gasteiger partial charge in [-0.3, -0.25) is 0 Å². The monoisotopic (exact) mass is 181 g/mol. The number of likely N-dealkylation sites (tertiary alicyclic amines) is 1. The summed E-state index contributed by atoms with van der Waals surface area (Å²) in [6.45, 7) is 4.97. The second-order valence-electron chi connectivity index (χ2n) is 4.74. The minimum absolute atomic E-state index is 0.963. The van der Waals surface area contributed by atoms with Crippen molar-refractivity contribution in [2.75, 3.05) is 13.1 Å². The summed E-state index contributed by atoms with van der Waals surface area (Å²) in [7, 11) is 0. The molecule has 1 aliphatic carbocycles. The first kappa shape index (κ1) is 9.51. The van der Waals surface area contributed by atoms with Gasteiger partial charge in [-0.2, -0.15) is 0 Å². The summed E-state index contributed by atoms with van der Waals surface area (Å²) in [6, 6.07) is 0.963. The van der Waals surface area contributed by atoms with Crippen LogP contribution in [0.1, 0.15) is 51.9 Å². The van der Waals surface area contributed by atoms with E-state index >= 15 is 0 Å². The third-order valence-electron chi connectivity index (χ3n) is 4.01. The van der Waals surface area contributed by atoms with Crippen LogP contribution in [0.4, 0.5) is 0 Å². The lowest BCUT2D eigenvalue weighted by atomic mass is 9.83. The van der Waals surface area contributed by atoms with Crippen molar-refractivity contribution in [3.8, 4) is 0 Å². The van der Waals surface area contributed by atoms with Gasteiger partial charge in [0.05, 0.1) is 0 Å². The van der Waals surface area contributed by atoms with E-state index in [-0.39, 0.29) is 0 Å². The van der Waals surface area contributed by atoms with E-state index in [9.17, 15) is 0 Å². The zero-order valence-electron chi connectivity index (χ0n) is 8.97. The molecule has 0 bridgehead atoms. The van der Waals surface area contributed by atoms with Crippen molar-refractivity contribution in [3.63, 3.8) is 0 Å². The number of rotatable bonds is 2. The van der Waals surface area contributed by atoms with E-state index in [1.807, 2.05) is 0 Å². The van der Waals surface area contributed by atoms with Crippen LogP contribution >= 0.6 is 0 Å². The molecule has 0 aromatic carbocycles. The Morgan fingerprint density at radius 2 is 1.77 bits per heavy atom. The van der Waals surface area contributed by atoms with E-state index < -0.39 is 0 Å². The van der Waals surface area contributed by atoms with E-state index in [0.29, 0.717) is 0 Å². The van der Waals surface area contributed by atoms with Crippen molar-refractivity contribution in [2.24, 2.45) is 5.92 Å². The van der Waals surface area contributed by atoms with Gasteiger partial charge in [0, 0.05) is 6.04 Å². The molecule has 1 saturated heterocycles. The Morgan fingerprint density at radius 3 is 2.46 bits per heavy atom. The summed E-state index contributed by atoms with van der Waals surface area (Å²) < 4.78 is 0. The first-order valence-electron chi connectivity index (χ1n) is 6.16. The molecule has 1 heteroatoms. The Bertz CT molecular complexity index is 149. The Morgan fingerprint density at radius 1 is 1.00 bits per heavy atom. The lowest BCUT2D eigenvalue weighted by Crippen LogP contribution is -2.36. The summed E-state index contributed by atoms with van der Waals surface area (Å²) in [4.78, 5) is 2.72. The fraction of sp³-hybridized carbons (Fsp3) is 1.00. The Balaban J connectivity index is 1.90. The number of nitrogens with zero attached hydrogens (tertiary/aromatic N) is 1. The molecule has 2 aliphatic rings. The fourth-order valence-corrected chi connectivity index (χ4v) is 3.30. The van der Waals surface area contributed by atoms with Crippen LogP contribution in [-0.4, -0.2) is 24.0 Å². The van der Waals surface area contributed by atoms with Gasteiger partial charge in [0.1, 0.15) is 0 Å². The average molecular weight is 181 g/mol. The largest absolute Gasteiger partial charge is 0.300 e. The van der Waals surface area contributed by atoms with Gasteiger partial charge in [-0.05, 0) is 44.7 Å². The Hall–Kier alpha value is -0.0400. The zero-order valence-corrected chi connectivity index (χ0v) is 8.97. The van der Waals surface area contributed by atoms with Gasteiger partial charge in [-0.1, -0.05) is 26.2 Å². The van der Waals surface area contributed by atoms with Gasteiger partial charge in [0.25, 0.3) is 0 Å². The molecule has 0 amide bonds. The standard InChI is InChI=1S/C12H23N/c1-2-13-10-6-9-12(13)11-7-4-3-5-8-11/h11-12H,2-10H2,1H3. The molecule has 1 nitrogen and oxygen atoms in total. The van der Waals surface area contributed by atoms with Crippen LogP contribution in [0.25, 0.3) is 0 Å². The van der Waals surface area contributed by atoms with Crippen LogP contribution in [0.5, 0.6) is 0 Å². The molecule has 0 radical (unpaired) electrons. The van der Waals surface area contributed by atoms with Gasteiger partial charge in [0.2, 0.25) is 0 Å². The molecular formula is C12H23N. The summed E-state index contributed by atoms with van der Waals surface area (Å²) >= 11 is 0. The molecule has 2 rings (SSSR count). The molecule has 0 aromatic rings. The summed E-state index contributed by atoms with van der Waals surface area (Å²) in [6.07, 6.45) is 10.5. The maximum Gasteiger partial charge on any atom is 0.0124 e. The van der Waals surface area contributed by atoms with E-state index in [2.05, 4.69) is 11.8 Å². The molecule has 1 aliphatic heterocycles. The van der Waals surface area contributed by atoms with Crippen molar-refractivity contribution >= 4 is 0 Å². The Labute approximate surface area is 82.5 Å². The van der Waals surface area contributed by atoms with Crippen molar-refractivity contribution in [2.45, 2.75) is 57.9 Å². The van der Waals surface area contributed by atoms with E-state index in [1.165, 1.54) is 58.0 Å². The summed E-state index contributed by atoms with van der Waals surface area (Å²) in [5.41, 5.74) is 0. The number of hydrogen-bond donors (Lipinski definition) is 0. The normalized spacial score (nSPS) is 32.5. The first-order valence-corrected chi connectivity index (χ1v) is 6.16. The average Bonchev–Trinajstić information content (AvgIpc) is 2.67. The molecule has 13 heavy (non-hydrogen) atoms. The van der Waals surface area contributed by atoms with Crippen LogP contribution in [0.2, 0.25) is 0 Å². The molecule has 1 atom stereocenters. The second-order valence-corrected chi connectivity index (χ2v) is 4.74. The molecular weight excluding hydrogens is 158 g/mol. The summed E-state index contributed by atoms with van der Waals surface area (Å²) in [5.74, 6) is 1.05. The third kappa shape index (κ3) is 2.07. The van der Waals surface area contributed by atoms with Crippen LogP contribution < -0.4 is 0 Å². The highest BCUT2D eigenvalue weighted by atomic mass is 15.2. The highest BCUT2D eigenvalue weighted by Gasteiger charge is 2.30. The first-order chi connectivity index (χ1) is 6.42. The van der Waals surface area contributed by atoms with Crippen molar-refractivity contribution in [1.82, 2.24) is 4.90 Å². The maximum atomic E-state index is 2.72. The summed E-state index contributed by atoms with van der Waals surface area (Å²) in [5, 5.41) is 0. The SMILES string of the molecule is CCN1CCCC1C1CCCCC1. The van der Waals surface area contributed by atoms with E-state index in [1.54, 1.807) is 0 Å². The van der Waals surface area contributed by atoms with Crippen LogP contribution in [0.3, 0.4) is 0 Å². The van der Waals surface area contributed by atoms with Crippen molar-refractivity contribution in [3.05, 3.63) is 0 Å². The van der Waals surface area contributed by atoms with Crippen molar-refractivity contribution in [1.29, 1.82) is 0 Å². The quantitative estimate of drug-likeness (QED) is 0.633. The topological polar surface area (TPSA) is 3.24 Å². The molecule has 2 fully saturated rings. The molecule has 1 saturated carbocycles. The van der Waals surface area contributed by atoms with Gasteiger partial charge >= 0.3 is 0 Å². The van der Waals surface area contributed by atoms with Gasteiger partial charge in [0.15, 0.2) is 0 Å². The third-order valence-corrected chi connectivity index (χ3v) is 4.01. The lowest BCUT2D eigenvalue weighted by molar-refractivity contribution is 0.164. The molecule has 0 spiro atoms. The predicted molar refractivity (Wildman–Crippen MR) is 56.8 cm³/mol. The molecule has 1 unspecified atom stereocenters. The predicted octanol–water partition coefficient (Wildman–Crippen LogP) is 3.05. The molecule has 0 N–H and O–H groups in total. The number of hydrogen-bond acceptors (Lipinski definition) is 1. The zero-order chi connectivity index (χ0) is 9.10. The van der Waals surface area contributed by atoms with Crippen LogP contribution in [0.15, 0.2) is 0 Å². The van der Waals surface area contributed by atoms with Crippen LogP contribution in [0, 0.1) is 5.92 Å².